The highest BCUT2D eigenvalue weighted by atomic mass is 35.5. The van der Waals surface area contributed by atoms with E-state index in [1.54, 1.807) is 18.2 Å². The van der Waals surface area contributed by atoms with E-state index in [4.69, 9.17) is 23.2 Å². The van der Waals surface area contributed by atoms with Crippen molar-refractivity contribution in [3.63, 3.8) is 0 Å². The summed E-state index contributed by atoms with van der Waals surface area (Å²) in [4.78, 5) is 28.2. The van der Waals surface area contributed by atoms with Gasteiger partial charge in [0.05, 0.1) is 17.1 Å². The molecule has 0 bridgehead atoms. The molecule has 2 aliphatic heterocycles. The van der Waals surface area contributed by atoms with Crippen molar-refractivity contribution in [2.24, 2.45) is 17.3 Å². The van der Waals surface area contributed by atoms with Gasteiger partial charge in [0.1, 0.15) is 6.67 Å². The van der Waals surface area contributed by atoms with Gasteiger partial charge in [-0.25, -0.2) is 4.39 Å². The zero-order valence-corrected chi connectivity index (χ0v) is 25.5. The number of hydrogen-bond acceptors (Lipinski definition) is 4. The van der Waals surface area contributed by atoms with E-state index in [1.807, 2.05) is 26.0 Å². The molecule has 5 atom stereocenters. The van der Waals surface area contributed by atoms with E-state index in [0.717, 1.165) is 5.56 Å². The lowest BCUT2D eigenvalue weighted by molar-refractivity contribution is -0.127. The van der Waals surface area contributed by atoms with Crippen LogP contribution in [0.25, 0.3) is 0 Å². The molecular formula is C31H42Cl2FN3O3. The van der Waals surface area contributed by atoms with Gasteiger partial charge in [-0.15, -0.1) is 0 Å². The van der Waals surface area contributed by atoms with Crippen LogP contribution in [0.4, 0.5) is 10.1 Å². The quantitative estimate of drug-likeness (QED) is 0.291. The first-order valence-corrected chi connectivity index (χ1v) is 14.9. The second-order valence-corrected chi connectivity index (χ2v) is 14.2. The average Bonchev–Trinajstić information content (AvgIpc) is 3.34. The van der Waals surface area contributed by atoms with Crippen LogP contribution in [0.1, 0.15) is 72.3 Å². The summed E-state index contributed by atoms with van der Waals surface area (Å²) in [5.74, 6) is -1.02. The van der Waals surface area contributed by atoms with E-state index in [-0.39, 0.29) is 40.3 Å². The summed E-state index contributed by atoms with van der Waals surface area (Å²) in [6.07, 6.45) is 8.37. The minimum atomic E-state index is -1.04. The molecule has 2 amide bonds. The van der Waals surface area contributed by atoms with E-state index < -0.39 is 29.7 Å². The van der Waals surface area contributed by atoms with E-state index in [2.05, 4.69) is 36.7 Å². The number of amides is 2. The normalized spacial score (nSPS) is 33.3. The Hall–Kier alpha value is -1.93. The fraction of sp³-hybridized carbons (Fsp3) is 0.613. The molecule has 0 aromatic heterocycles. The Morgan fingerprint density at radius 1 is 1.30 bits per heavy atom. The summed E-state index contributed by atoms with van der Waals surface area (Å²) in [5.41, 5.74) is -0.396. The first-order chi connectivity index (χ1) is 18.7. The molecule has 4 N–H and O–H groups in total. The minimum absolute atomic E-state index is 0.0477. The van der Waals surface area contributed by atoms with Gasteiger partial charge in [0.25, 0.3) is 0 Å². The van der Waals surface area contributed by atoms with Crippen LogP contribution in [0.3, 0.4) is 0 Å². The number of hydrogen-bond donors (Lipinski definition) is 4. The molecule has 1 aromatic carbocycles. The number of anilines is 1. The van der Waals surface area contributed by atoms with Crippen molar-refractivity contribution < 1.29 is 19.1 Å². The zero-order valence-electron chi connectivity index (χ0n) is 24.0. The summed E-state index contributed by atoms with van der Waals surface area (Å²) in [6, 6.07) is 4.42. The molecule has 3 aliphatic rings. The molecule has 1 aliphatic carbocycles. The van der Waals surface area contributed by atoms with Gasteiger partial charge in [-0.1, -0.05) is 69.1 Å². The predicted molar refractivity (Wildman–Crippen MR) is 159 cm³/mol. The van der Waals surface area contributed by atoms with Gasteiger partial charge in [-0.05, 0) is 74.1 Å². The largest absolute Gasteiger partial charge is 0.390 e. The maximum Gasteiger partial charge on any atom is 0.237 e. The van der Waals surface area contributed by atoms with Gasteiger partial charge >= 0.3 is 0 Å². The zero-order chi connectivity index (χ0) is 29.5. The number of rotatable bonds is 7. The Kier molecular flexibility index (Phi) is 9.11. The van der Waals surface area contributed by atoms with Gasteiger partial charge in [-0.3, -0.25) is 9.59 Å². The van der Waals surface area contributed by atoms with Crippen LogP contribution < -0.4 is 16.0 Å². The molecule has 0 radical (unpaired) electrons. The van der Waals surface area contributed by atoms with Crippen LogP contribution in [0.15, 0.2) is 41.5 Å². The predicted octanol–water partition coefficient (Wildman–Crippen LogP) is 6.02. The molecule has 1 spiro atoms. The highest BCUT2D eigenvalue weighted by molar-refractivity contribution is 6.31. The molecule has 40 heavy (non-hydrogen) atoms. The number of nitrogens with one attached hydrogen (secondary N) is 3. The summed E-state index contributed by atoms with van der Waals surface area (Å²) in [5, 5.41) is 20.9. The molecule has 6 nitrogen and oxygen atoms in total. The maximum absolute atomic E-state index is 14.2. The number of benzene rings is 1. The number of halogens is 3. The average molecular weight is 595 g/mol. The third-order valence-electron chi connectivity index (χ3n) is 8.76. The molecule has 9 heteroatoms. The van der Waals surface area contributed by atoms with E-state index in [1.165, 1.54) is 6.08 Å². The van der Waals surface area contributed by atoms with Crippen molar-refractivity contribution in [2.75, 3.05) is 12.0 Å². The monoisotopic (exact) mass is 593 g/mol. The Morgan fingerprint density at radius 2 is 1.98 bits per heavy atom. The lowest BCUT2D eigenvalue weighted by Crippen LogP contribution is -2.53. The van der Waals surface area contributed by atoms with Gasteiger partial charge in [0.2, 0.25) is 11.8 Å². The molecule has 2 heterocycles. The van der Waals surface area contributed by atoms with Crippen molar-refractivity contribution >= 4 is 40.7 Å². The van der Waals surface area contributed by atoms with Gasteiger partial charge in [0, 0.05) is 33.7 Å². The molecule has 1 saturated carbocycles. The SMILES string of the molecule is CC(/C=C\C=C(\Cl)CF)[C@H]1[C@H](C(=O)N[C@H]2CC[C@](C)(O)CC2)N[C@@H](CC(C)(C)C)[C@@]12C(=O)Nc1cc(Cl)ccc12. The van der Waals surface area contributed by atoms with Crippen LogP contribution in [-0.4, -0.2) is 47.3 Å². The molecule has 1 aromatic rings. The first-order valence-electron chi connectivity index (χ1n) is 14.2. The van der Waals surface area contributed by atoms with Crippen molar-refractivity contribution in [3.8, 4) is 0 Å². The minimum Gasteiger partial charge on any atom is -0.390 e. The lowest BCUT2D eigenvalue weighted by atomic mass is 9.61. The number of fused-ring (bicyclic) bond motifs is 2. The van der Waals surface area contributed by atoms with Crippen molar-refractivity contribution in [1.29, 1.82) is 0 Å². The summed E-state index contributed by atoms with van der Waals surface area (Å²) < 4.78 is 13.0. The molecular weight excluding hydrogens is 552 g/mol. The fourth-order valence-corrected chi connectivity index (χ4v) is 7.16. The van der Waals surface area contributed by atoms with Crippen LogP contribution in [0.2, 0.25) is 5.02 Å². The van der Waals surface area contributed by atoms with E-state index >= 15 is 0 Å². The van der Waals surface area contributed by atoms with Gasteiger partial charge < -0.3 is 21.1 Å². The Labute approximate surface area is 247 Å². The van der Waals surface area contributed by atoms with Crippen LogP contribution in [-0.2, 0) is 15.0 Å². The third kappa shape index (κ3) is 6.28. The number of aliphatic hydroxyl groups is 1. The Balaban J connectivity index is 1.79. The Morgan fingerprint density at radius 3 is 2.60 bits per heavy atom. The van der Waals surface area contributed by atoms with Crippen LogP contribution in [0, 0.1) is 17.3 Å². The van der Waals surface area contributed by atoms with Crippen molar-refractivity contribution in [2.45, 2.75) is 95.9 Å². The molecule has 220 valence electrons. The summed E-state index contributed by atoms with van der Waals surface area (Å²) in [7, 11) is 0. The molecule has 2 fully saturated rings. The summed E-state index contributed by atoms with van der Waals surface area (Å²) >= 11 is 12.2. The van der Waals surface area contributed by atoms with Crippen molar-refractivity contribution in [1.82, 2.24) is 10.6 Å². The molecule has 4 rings (SSSR count). The van der Waals surface area contributed by atoms with Crippen molar-refractivity contribution in [3.05, 3.63) is 52.0 Å². The number of allylic oxidation sites excluding steroid dienone is 4. The maximum atomic E-state index is 14.2. The standard InChI is InChI=1S/C31H42Cl2FN3O3/c1-18(7-6-8-20(33)17-34)25-26(27(38)35-21-11-13-30(5,40)14-12-21)37-24(16-29(2,3)4)31(25)22-10-9-19(32)15-23(22)36-28(31)39/h6-10,15,18,21,24-26,37,40H,11-14,16-17H2,1-5H3,(H,35,38)(H,36,39)/b7-6-,20-8+/t18?,21-,24-,25-,26+,30-,31+/m0/s1. The highest BCUT2D eigenvalue weighted by Gasteiger charge is 2.66. The second kappa shape index (κ2) is 11.7. The van der Waals surface area contributed by atoms with Gasteiger partial charge in [-0.2, -0.15) is 0 Å². The lowest BCUT2D eigenvalue weighted by Gasteiger charge is -2.39. The Bertz CT molecular complexity index is 1180. The van der Waals surface area contributed by atoms with Gasteiger partial charge in [0.15, 0.2) is 0 Å². The summed E-state index contributed by atoms with van der Waals surface area (Å²) in [6.45, 7) is 9.43. The smallest absolute Gasteiger partial charge is 0.237 e. The van der Waals surface area contributed by atoms with E-state index in [9.17, 15) is 19.1 Å². The number of carbonyl (C=O) groups is 2. The van der Waals surface area contributed by atoms with E-state index in [0.29, 0.717) is 42.8 Å². The fourth-order valence-electron chi connectivity index (χ4n) is 6.92. The number of alkyl halides is 1. The highest BCUT2D eigenvalue weighted by Crippen LogP contribution is 2.55. The first kappa shape index (κ1) is 31.0. The third-order valence-corrected chi connectivity index (χ3v) is 9.22. The topological polar surface area (TPSA) is 90.5 Å². The van der Waals surface area contributed by atoms with Crippen LogP contribution in [0.5, 0.6) is 0 Å². The molecule has 1 unspecified atom stereocenters. The van der Waals surface area contributed by atoms with Crippen LogP contribution >= 0.6 is 23.2 Å². The number of carbonyl (C=O) groups excluding carboxylic acids is 2. The molecule has 1 saturated heterocycles. The second-order valence-electron chi connectivity index (χ2n) is 13.3.